The Morgan fingerprint density at radius 3 is 2.42 bits per heavy atom. The first-order chi connectivity index (χ1) is 5.56. The maximum Gasteiger partial charge on any atom is 0.303 e. The molecule has 0 unspecified atom stereocenters. The summed E-state index contributed by atoms with van der Waals surface area (Å²) in [5, 5.41) is 8.35. The van der Waals surface area contributed by atoms with Gasteiger partial charge in [-0.15, -0.1) is 0 Å². The Morgan fingerprint density at radius 1 is 1.50 bits per heavy atom. The number of carbonyl (C=O) groups is 2. The molecule has 0 spiro atoms. The Hall–Kier alpha value is -1.06. The number of rotatable bonds is 5. The summed E-state index contributed by atoms with van der Waals surface area (Å²) in [6.07, 6.45) is 0.850. The van der Waals surface area contributed by atoms with Gasteiger partial charge >= 0.3 is 11.9 Å². The number of hydrogen-bond acceptors (Lipinski definition) is 3. The van der Waals surface area contributed by atoms with Gasteiger partial charge in [-0.3, -0.25) is 9.59 Å². The minimum absolute atomic E-state index is 0.0474. The predicted octanol–water partition coefficient (Wildman–Crippen LogP) is 1.19. The van der Waals surface area contributed by atoms with Crippen LogP contribution in [0.15, 0.2) is 0 Å². The van der Waals surface area contributed by atoms with Gasteiger partial charge in [0.2, 0.25) is 0 Å². The second-order valence-corrected chi connectivity index (χ2v) is 2.57. The van der Waals surface area contributed by atoms with Crippen LogP contribution in [-0.4, -0.2) is 23.1 Å². The third kappa shape index (κ3) is 5.70. The molecule has 4 heteroatoms. The van der Waals surface area contributed by atoms with E-state index in [1.165, 1.54) is 6.92 Å². The van der Waals surface area contributed by atoms with Gasteiger partial charge in [0.15, 0.2) is 0 Å². The lowest BCUT2D eigenvalue weighted by molar-refractivity contribution is -0.148. The fourth-order valence-corrected chi connectivity index (χ4v) is 0.866. The lowest BCUT2D eigenvalue weighted by Gasteiger charge is -2.12. The zero-order valence-electron chi connectivity index (χ0n) is 7.37. The average molecular weight is 174 g/mol. The van der Waals surface area contributed by atoms with E-state index >= 15 is 0 Å². The monoisotopic (exact) mass is 174 g/mol. The quantitative estimate of drug-likeness (QED) is 0.636. The van der Waals surface area contributed by atoms with E-state index < -0.39 is 5.97 Å². The SMILES string of the molecule is CC[C@H](CCC(=O)O)OC(C)=O. The van der Waals surface area contributed by atoms with Crippen LogP contribution in [0, 0.1) is 0 Å². The van der Waals surface area contributed by atoms with Crippen molar-refractivity contribution in [3.8, 4) is 0 Å². The molecule has 0 aromatic heterocycles. The fraction of sp³-hybridized carbons (Fsp3) is 0.750. The number of hydrogen-bond donors (Lipinski definition) is 1. The summed E-state index contributed by atoms with van der Waals surface area (Å²) in [5.74, 6) is -1.21. The largest absolute Gasteiger partial charge is 0.481 e. The molecule has 0 bridgehead atoms. The van der Waals surface area contributed by atoms with Crippen molar-refractivity contribution in [2.24, 2.45) is 0 Å². The van der Waals surface area contributed by atoms with Gasteiger partial charge < -0.3 is 9.84 Å². The van der Waals surface area contributed by atoms with Crippen LogP contribution in [-0.2, 0) is 14.3 Å². The van der Waals surface area contributed by atoms with Crippen molar-refractivity contribution in [1.82, 2.24) is 0 Å². The van der Waals surface area contributed by atoms with Crippen molar-refractivity contribution in [3.05, 3.63) is 0 Å². The van der Waals surface area contributed by atoms with Crippen molar-refractivity contribution in [2.45, 2.75) is 39.2 Å². The second kappa shape index (κ2) is 5.57. The average Bonchev–Trinajstić information content (AvgIpc) is 1.97. The van der Waals surface area contributed by atoms with Gasteiger partial charge in [0.25, 0.3) is 0 Å². The first-order valence-corrected chi connectivity index (χ1v) is 3.95. The highest BCUT2D eigenvalue weighted by atomic mass is 16.5. The fourth-order valence-electron chi connectivity index (χ4n) is 0.866. The van der Waals surface area contributed by atoms with E-state index in [4.69, 9.17) is 9.84 Å². The molecular formula is C8H14O4. The molecule has 0 radical (unpaired) electrons. The Balaban J connectivity index is 3.67. The van der Waals surface area contributed by atoms with Crippen LogP contribution in [0.2, 0.25) is 0 Å². The van der Waals surface area contributed by atoms with Gasteiger partial charge in [0, 0.05) is 13.3 Å². The molecule has 0 amide bonds. The van der Waals surface area contributed by atoms with Crippen LogP contribution >= 0.6 is 0 Å². The van der Waals surface area contributed by atoms with Gasteiger partial charge in [-0.2, -0.15) is 0 Å². The Labute approximate surface area is 71.5 Å². The van der Waals surface area contributed by atoms with E-state index in [2.05, 4.69) is 0 Å². The molecule has 0 saturated carbocycles. The van der Waals surface area contributed by atoms with E-state index in [0.717, 1.165) is 0 Å². The molecule has 0 aliphatic carbocycles. The molecule has 12 heavy (non-hydrogen) atoms. The standard InChI is InChI=1S/C8H14O4/c1-3-7(12-6(2)9)4-5-8(10)11/h7H,3-5H2,1-2H3,(H,10,11)/t7-/m1/s1. The molecule has 0 aromatic carbocycles. The number of aliphatic carboxylic acids is 1. The summed E-state index contributed by atoms with van der Waals surface area (Å²) in [6.45, 7) is 3.18. The summed E-state index contributed by atoms with van der Waals surface area (Å²) in [5.41, 5.74) is 0. The van der Waals surface area contributed by atoms with Crippen molar-refractivity contribution in [1.29, 1.82) is 0 Å². The van der Waals surface area contributed by atoms with Crippen molar-refractivity contribution < 1.29 is 19.4 Å². The smallest absolute Gasteiger partial charge is 0.303 e. The molecule has 0 aliphatic heterocycles. The minimum Gasteiger partial charge on any atom is -0.481 e. The first kappa shape index (κ1) is 10.9. The summed E-state index contributed by atoms with van der Waals surface area (Å²) in [7, 11) is 0. The van der Waals surface area contributed by atoms with E-state index in [1.54, 1.807) is 0 Å². The number of ether oxygens (including phenoxy) is 1. The van der Waals surface area contributed by atoms with Crippen molar-refractivity contribution in [2.75, 3.05) is 0 Å². The van der Waals surface area contributed by atoms with Crippen molar-refractivity contribution in [3.63, 3.8) is 0 Å². The molecular weight excluding hydrogens is 160 g/mol. The van der Waals surface area contributed by atoms with Gasteiger partial charge in [0.05, 0.1) is 0 Å². The summed E-state index contributed by atoms with van der Waals surface area (Å²) in [6, 6.07) is 0. The van der Waals surface area contributed by atoms with Crippen molar-refractivity contribution >= 4 is 11.9 Å². The third-order valence-electron chi connectivity index (χ3n) is 1.47. The highest BCUT2D eigenvalue weighted by molar-refractivity contribution is 5.67. The predicted molar refractivity (Wildman–Crippen MR) is 42.7 cm³/mol. The second-order valence-electron chi connectivity index (χ2n) is 2.57. The summed E-state index contributed by atoms with van der Waals surface area (Å²) < 4.78 is 4.85. The maximum absolute atomic E-state index is 10.5. The van der Waals surface area contributed by atoms with E-state index in [1.807, 2.05) is 6.92 Å². The van der Waals surface area contributed by atoms with Crippen LogP contribution in [0.25, 0.3) is 0 Å². The van der Waals surface area contributed by atoms with Gasteiger partial charge in [-0.1, -0.05) is 6.92 Å². The van der Waals surface area contributed by atoms with Gasteiger partial charge in [-0.25, -0.2) is 0 Å². The van der Waals surface area contributed by atoms with Gasteiger partial charge in [-0.05, 0) is 12.8 Å². The molecule has 0 aliphatic rings. The Bertz CT molecular complexity index is 164. The molecule has 1 N–H and O–H groups in total. The van der Waals surface area contributed by atoms with E-state index in [-0.39, 0.29) is 18.5 Å². The summed E-state index contributed by atoms with van der Waals surface area (Å²) >= 11 is 0. The van der Waals surface area contributed by atoms with Crippen LogP contribution in [0.5, 0.6) is 0 Å². The zero-order chi connectivity index (χ0) is 9.56. The topological polar surface area (TPSA) is 63.6 Å². The van der Waals surface area contributed by atoms with Gasteiger partial charge in [0.1, 0.15) is 6.10 Å². The molecule has 4 nitrogen and oxygen atoms in total. The highest BCUT2D eigenvalue weighted by Crippen LogP contribution is 2.06. The van der Waals surface area contributed by atoms with Crippen LogP contribution in [0.3, 0.4) is 0 Å². The molecule has 70 valence electrons. The van der Waals surface area contributed by atoms with Crippen LogP contribution in [0.1, 0.15) is 33.1 Å². The third-order valence-corrected chi connectivity index (χ3v) is 1.47. The number of carbonyl (C=O) groups excluding carboxylic acids is 1. The molecule has 0 heterocycles. The van der Waals surface area contributed by atoms with Crippen LogP contribution < -0.4 is 0 Å². The molecule has 0 rings (SSSR count). The lowest BCUT2D eigenvalue weighted by atomic mass is 10.1. The minimum atomic E-state index is -0.861. The Morgan fingerprint density at radius 2 is 2.08 bits per heavy atom. The molecule has 0 fully saturated rings. The van der Waals surface area contributed by atoms with E-state index in [9.17, 15) is 9.59 Å². The first-order valence-electron chi connectivity index (χ1n) is 3.95. The number of esters is 1. The highest BCUT2D eigenvalue weighted by Gasteiger charge is 2.10. The normalized spacial score (nSPS) is 12.2. The number of carboxylic acid groups (broad SMARTS) is 1. The summed E-state index contributed by atoms with van der Waals surface area (Å²) in [4.78, 5) is 20.7. The molecule has 0 aromatic rings. The zero-order valence-corrected chi connectivity index (χ0v) is 7.37. The maximum atomic E-state index is 10.5. The Kier molecular flexibility index (Phi) is 5.08. The molecule has 0 saturated heterocycles. The lowest BCUT2D eigenvalue weighted by Crippen LogP contribution is -2.16. The van der Waals surface area contributed by atoms with Crippen LogP contribution in [0.4, 0.5) is 0 Å². The molecule has 1 atom stereocenters. The van der Waals surface area contributed by atoms with E-state index in [0.29, 0.717) is 12.8 Å². The number of carboxylic acids is 1.